The Morgan fingerprint density at radius 1 is 1.24 bits per heavy atom. The molecule has 3 heterocycles. The third kappa shape index (κ3) is 5.08. The Bertz CT molecular complexity index is 1360. The zero-order valence-corrected chi connectivity index (χ0v) is 21.4. The van der Waals surface area contributed by atoms with Crippen molar-refractivity contribution in [2.75, 3.05) is 6.61 Å². The molecule has 1 aliphatic rings. The number of hydrogen-bond acceptors (Lipinski definition) is 7. The highest BCUT2D eigenvalue weighted by Crippen LogP contribution is 2.33. The van der Waals surface area contributed by atoms with E-state index in [-0.39, 0.29) is 11.7 Å². The molecule has 1 aliphatic heterocycles. The first-order valence-corrected chi connectivity index (χ1v) is 13.1. The van der Waals surface area contributed by atoms with Crippen LogP contribution in [0.4, 0.5) is 0 Å². The maximum Gasteiger partial charge on any atom is 0.338 e. The Kier molecular flexibility index (Phi) is 7.48. The van der Waals surface area contributed by atoms with Crippen molar-refractivity contribution >= 4 is 34.7 Å². The minimum absolute atomic E-state index is 0.173. The van der Waals surface area contributed by atoms with Crippen LogP contribution in [0.5, 0.6) is 5.75 Å². The quantitative estimate of drug-likeness (QED) is 0.342. The molecule has 8 heteroatoms. The molecule has 0 fully saturated rings. The van der Waals surface area contributed by atoms with E-state index in [0.717, 1.165) is 29.0 Å². The van der Waals surface area contributed by atoms with Crippen molar-refractivity contribution in [2.45, 2.75) is 52.7 Å². The largest absolute Gasteiger partial charge is 0.494 e. The fourth-order valence-corrected chi connectivity index (χ4v) is 5.59. The van der Waals surface area contributed by atoms with Crippen LogP contribution in [0.1, 0.15) is 57.0 Å². The first-order chi connectivity index (χ1) is 16.4. The predicted molar refractivity (Wildman–Crippen MR) is 136 cm³/mol. The standard InChI is InChI=1S/C26H28N2O4S2/c1-5-6-13-31-19-11-9-18(10-12-19)15-21-24(29)28-23(20-8-7-14-33-20)22(25(30)32-16(2)3)17(4)27-26(28)34-21/h7-12,14-16,23H,5-6,13H2,1-4H3/b21-15+. The second kappa shape index (κ2) is 10.5. The number of allylic oxidation sites excluding steroid dienone is 1. The average molecular weight is 497 g/mol. The van der Waals surface area contributed by atoms with Gasteiger partial charge >= 0.3 is 5.97 Å². The first kappa shape index (κ1) is 24.2. The number of ether oxygens (including phenoxy) is 2. The number of thiophene rings is 1. The normalized spacial score (nSPS) is 15.9. The van der Waals surface area contributed by atoms with Gasteiger partial charge in [-0.05, 0) is 62.4 Å². The number of aromatic nitrogens is 1. The minimum atomic E-state index is -0.556. The van der Waals surface area contributed by atoms with E-state index in [2.05, 4.69) is 11.9 Å². The molecule has 3 aromatic rings. The molecular weight excluding hydrogens is 468 g/mol. The van der Waals surface area contributed by atoms with E-state index in [4.69, 9.17) is 9.47 Å². The number of carbonyl (C=O) groups excluding carboxylic acids is 1. The number of hydrogen-bond donors (Lipinski definition) is 0. The summed E-state index contributed by atoms with van der Waals surface area (Å²) in [5.74, 6) is 0.372. The molecule has 178 valence electrons. The van der Waals surface area contributed by atoms with Crippen molar-refractivity contribution in [3.63, 3.8) is 0 Å². The lowest BCUT2D eigenvalue weighted by atomic mass is 10.0. The number of unbranched alkanes of at least 4 members (excludes halogenated alkanes) is 1. The van der Waals surface area contributed by atoms with Crippen molar-refractivity contribution in [1.29, 1.82) is 0 Å². The Balaban J connectivity index is 1.75. The monoisotopic (exact) mass is 496 g/mol. The summed E-state index contributed by atoms with van der Waals surface area (Å²) in [6, 6.07) is 11.0. The summed E-state index contributed by atoms with van der Waals surface area (Å²) in [5, 5.41) is 1.94. The van der Waals surface area contributed by atoms with E-state index in [1.165, 1.54) is 22.7 Å². The molecule has 34 heavy (non-hydrogen) atoms. The summed E-state index contributed by atoms with van der Waals surface area (Å²) >= 11 is 2.83. The molecule has 0 saturated carbocycles. The van der Waals surface area contributed by atoms with Crippen LogP contribution in [0.2, 0.25) is 0 Å². The van der Waals surface area contributed by atoms with Gasteiger partial charge in [0.25, 0.3) is 5.56 Å². The highest BCUT2D eigenvalue weighted by atomic mass is 32.1. The fourth-order valence-electron chi connectivity index (χ4n) is 3.72. The number of nitrogens with zero attached hydrogens (tertiary/aromatic N) is 2. The second-order valence-corrected chi connectivity index (χ2v) is 10.3. The van der Waals surface area contributed by atoms with Crippen LogP contribution in [0.3, 0.4) is 0 Å². The van der Waals surface area contributed by atoms with Gasteiger partial charge < -0.3 is 9.47 Å². The summed E-state index contributed by atoms with van der Waals surface area (Å²) < 4.78 is 13.4. The van der Waals surface area contributed by atoms with Crippen molar-refractivity contribution in [3.8, 4) is 5.75 Å². The summed E-state index contributed by atoms with van der Waals surface area (Å²) in [6.07, 6.45) is 3.69. The summed E-state index contributed by atoms with van der Waals surface area (Å²) in [7, 11) is 0. The van der Waals surface area contributed by atoms with Crippen LogP contribution in [0.15, 0.2) is 62.8 Å². The van der Waals surface area contributed by atoms with Gasteiger partial charge in [-0.2, -0.15) is 0 Å². The molecule has 0 spiro atoms. The molecule has 1 aromatic carbocycles. The number of thiazole rings is 1. The van der Waals surface area contributed by atoms with Gasteiger partial charge in [0.05, 0.1) is 28.5 Å². The van der Waals surface area contributed by atoms with Gasteiger partial charge in [-0.15, -0.1) is 11.3 Å². The van der Waals surface area contributed by atoms with E-state index in [1.54, 1.807) is 11.5 Å². The van der Waals surface area contributed by atoms with Gasteiger partial charge in [-0.25, -0.2) is 9.79 Å². The summed E-state index contributed by atoms with van der Waals surface area (Å²) in [6.45, 7) is 8.24. The third-order valence-corrected chi connectivity index (χ3v) is 7.25. The second-order valence-electron chi connectivity index (χ2n) is 8.32. The molecule has 0 saturated heterocycles. The van der Waals surface area contributed by atoms with E-state index >= 15 is 0 Å². The lowest BCUT2D eigenvalue weighted by Gasteiger charge is -2.24. The van der Waals surface area contributed by atoms with Gasteiger partial charge in [0.2, 0.25) is 0 Å². The zero-order chi connectivity index (χ0) is 24.2. The highest BCUT2D eigenvalue weighted by Gasteiger charge is 2.34. The fraction of sp³-hybridized carbons (Fsp3) is 0.346. The molecular formula is C26H28N2O4S2. The van der Waals surface area contributed by atoms with E-state index in [9.17, 15) is 9.59 Å². The SMILES string of the molecule is CCCCOc1ccc(/C=c2/sc3n(c2=O)C(c2cccs2)C(C(=O)OC(C)C)=C(C)N=3)cc1. The Hall–Kier alpha value is -2.97. The molecule has 0 amide bonds. The molecule has 2 aromatic heterocycles. The van der Waals surface area contributed by atoms with E-state index < -0.39 is 12.0 Å². The molecule has 1 unspecified atom stereocenters. The Morgan fingerprint density at radius 3 is 2.65 bits per heavy atom. The molecule has 0 N–H and O–H groups in total. The number of rotatable bonds is 8. The van der Waals surface area contributed by atoms with Gasteiger partial charge in [0.1, 0.15) is 11.8 Å². The van der Waals surface area contributed by atoms with Crippen LogP contribution in [0, 0.1) is 0 Å². The van der Waals surface area contributed by atoms with Gasteiger partial charge in [0.15, 0.2) is 4.80 Å². The van der Waals surface area contributed by atoms with Gasteiger partial charge in [-0.3, -0.25) is 9.36 Å². The van der Waals surface area contributed by atoms with Gasteiger partial charge in [-0.1, -0.05) is 42.9 Å². The lowest BCUT2D eigenvalue weighted by molar-refractivity contribution is -0.143. The van der Waals surface area contributed by atoms with Crippen molar-refractivity contribution in [3.05, 3.63) is 83.2 Å². The maximum absolute atomic E-state index is 13.5. The molecule has 1 atom stereocenters. The van der Waals surface area contributed by atoms with Crippen molar-refractivity contribution in [2.24, 2.45) is 4.99 Å². The molecule has 0 aliphatic carbocycles. The van der Waals surface area contributed by atoms with Crippen LogP contribution < -0.4 is 19.6 Å². The van der Waals surface area contributed by atoms with Gasteiger partial charge in [0, 0.05) is 4.88 Å². The van der Waals surface area contributed by atoms with Crippen LogP contribution >= 0.6 is 22.7 Å². The zero-order valence-electron chi connectivity index (χ0n) is 19.7. The number of benzene rings is 1. The van der Waals surface area contributed by atoms with Crippen molar-refractivity contribution < 1.29 is 14.3 Å². The smallest absolute Gasteiger partial charge is 0.338 e. The summed E-state index contributed by atoms with van der Waals surface area (Å²) in [4.78, 5) is 32.6. The predicted octanol–water partition coefficient (Wildman–Crippen LogP) is 4.43. The molecule has 0 bridgehead atoms. The first-order valence-electron chi connectivity index (χ1n) is 11.4. The number of carbonyl (C=O) groups is 1. The Morgan fingerprint density at radius 2 is 2.00 bits per heavy atom. The lowest BCUT2D eigenvalue weighted by Crippen LogP contribution is -2.39. The van der Waals surface area contributed by atoms with E-state index in [1.807, 2.05) is 61.7 Å². The van der Waals surface area contributed by atoms with Crippen LogP contribution in [0.25, 0.3) is 6.08 Å². The van der Waals surface area contributed by atoms with E-state index in [0.29, 0.717) is 27.2 Å². The highest BCUT2D eigenvalue weighted by molar-refractivity contribution is 7.10. The van der Waals surface area contributed by atoms with Crippen molar-refractivity contribution in [1.82, 2.24) is 4.57 Å². The maximum atomic E-state index is 13.5. The topological polar surface area (TPSA) is 69.9 Å². The average Bonchev–Trinajstić information content (AvgIpc) is 3.42. The third-order valence-electron chi connectivity index (χ3n) is 5.34. The minimum Gasteiger partial charge on any atom is -0.494 e. The van der Waals surface area contributed by atoms with Crippen LogP contribution in [-0.2, 0) is 9.53 Å². The number of fused-ring (bicyclic) bond motifs is 1. The number of esters is 1. The molecule has 6 nitrogen and oxygen atoms in total. The molecule has 0 radical (unpaired) electrons. The molecule has 4 rings (SSSR count). The van der Waals surface area contributed by atoms with Crippen LogP contribution in [-0.4, -0.2) is 23.2 Å². The Labute approximate surface area is 206 Å². The summed E-state index contributed by atoms with van der Waals surface area (Å²) in [5.41, 5.74) is 1.71.